The van der Waals surface area contributed by atoms with Gasteiger partial charge in [0.15, 0.2) is 0 Å². The fourth-order valence-electron chi connectivity index (χ4n) is 2.82. The minimum atomic E-state index is -1.75. The normalized spacial score (nSPS) is 13.1. The Kier molecular flexibility index (Phi) is 4.89. The molecule has 2 aromatic heterocycles. The molecule has 4 rings (SSSR count). The van der Waals surface area contributed by atoms with Crippen molar-refractivity contribution < 1.29 is 17.6 Å². The third-order valence-corrected chi connectivity index (χ3v) is 4.14. The summed E-state index contributed by atoms with van der Waals surface area (Å²) >= 11 is 0. The van der Waals surface area contributed by atoms with Crippen LogP contribution in [-0.4, -0.2) is 34.5 Å². The van der Waals surface area contributed by atoms with Crippen molar-refractivity contribution in [2.45, 2.75) is 0 Å². The van der Waals surface area contributed by atoms with E-state index in [4.69, 9.17) is 0 Å². The number of aromatic nitrogens is 3. The fourth-order valence-corrected chi connectivity index (χ4v) is 2.82. The van der Waals surface area contributed by atoms with Gasteiger partial charge >= 0.3 is 0 Å². The second-order valence-electron chi connectivity index (χ2n) is 5.64. The molecule has 27 heavy (non-hydrogen) atoms. The molecule has 1 aliphatic heterocycles. The molecule has 1 aromatic carbocycles. The van der Waals surface area contributed by atoms with E-state index in [0.717, 1.165) is 20.7 Å². The molecule has 0 unspecified atom stereocenters. The van der Waals surface area contributed by atoms with Crippen molar-refractivity contribution in [3.8, 4) is 5.69 Å². The summed E-state index contributed by atoms with van der Waals surface area (Å²) in [6, 6.07) is 3.63. The van der Waals surface area contributed by atoms with Gasteiger partial charge in [0.1, 0.15) is 5.82 Å². The maximum Gasteiger partial charge on any atom is 0.262 e. The molecular weight excluding hydrogens is 366 g/mol. The second-order valence-corrected chi connectivity index (χ2v) is 5.64. The van der Waals surface area contributed by atoms with E-state index in [1.54, 1.807) is 0 Å². The quantitative estimate of drug-likeness (QED) is 0.520. The summed E-state index contributed by atoms with van der Waals surface area (Å²) in [5.41, 5.74) is 1.37. The molecule has 3 heterocycles. The van der Waals surface area contributed by atoms with Crippen LogP contribution in [0.2, 0.25) is 0 Å². The Bertz CT molecular complexity index is 1080. The zero-order valence-corrected chi connectivity index (χ0v) is 14.2. The lowest BCUT2D eigenvalue weighted by molar-refractivity contribution is 0.295. The molecule has 0 fully saturated rings. The molecule has 0 spiro atoms. The lowest BCUT2D eigenvalue weighted by Crippen LogP contribution is -2.29. The molecule has 0 amide bonds. The number of imidazole rings is 1. The predicted octanol–water partition coefficient (Wildman–Crippen LogP) is 3.02. The monoisotopic (exact) mass is 381 g/mol. The van der Waals surface area contributed by atoms with Crippen LogP contribution in [0.15, 0.2) is 47.7 Å². The van der Waals surface area contributed by atoms with E-state index in [0.29, 0.717) is 17.9 Å². The number of benzene rings is 1. The number of hydrogen-bond donors (Lipinski definition) is 1. The number of alkyl halides is 2. The zero-order valence-electron chi connectivity index (χ0n) is 14.2. The number of halogens is 4. The van der Waals surface area contributed by atoms with E-state index in [2.05, 4.69) is 16.9 Å². The minimum Gasteiger partial charge on any atom is -0.378 e. The van der Waals surface area contributed by atoms with Gasteiger partial charge in [0.2, 0.25) is 18.7 Å². The van der Waals surface area contributed by atoms with E-state index in [1.165, 1.54) is 24.5 Å². The van der Waals surface area contributed by atoms with Gasteiger partial charge in [0.25, 0.3) is 5.56 Å². The molecule has 0 radical (unpaired) electrons. The van der Waals surface area contributed by atoms with Gasteiger partial charge in [-0.15, -0.1) is 0 Å². The molecule has 142 valence electrons. The fraction of sp³-hybridized carbons (Fsp3) is 0.176. The molecule has 10 heteroatoms. The average molecular weight is 381 g/mol. The van der Waals surface area contributed by atoms with Crippen molar-refractivity contribution in [3.63, 3.8) is 0 Å². The van der Waals surface area contributed by atoms with Gasteiger partial charge in [-0.25, -0.2) is 22.7 Å². The first kappa shape index (κ1) is 18.5. The zero-order chi connectivity index (χ0) is 19.7. The molecule has 0 saturated heterocycles. The molecule has 0 aliphatic carbocycles. The largest absolute Gasteiger partial charge is 0.378 e. The molecule has 3 aromatic rings. The van der Waals surface area contributed by atoms with Crippen LogP contribution in [0.1, 0.15) is 0 Å². The molecule has 0 bridgehead atoms. The van der Waals surface area contributed by atoms with Crippen molar-refractivity contribution in [1.82, 2.24) is 14.0 Å². The third kappa shape index (κ3) is 3.14. The second kappa shape index (κ2) is 7.14. The van der Waals surface area contributed by atoms with Crippen LogP contribution in [0, 0.1) is 11.8 Å². The van der Waals surface area contributed by atoms with Gasteiger partial charge in [-0.2, -0.15) is 4.39 Å². The molecular formula is C17H15F4N5O. The Morgan fingerprint density at radius 3 is 2.63 bits per heavy atom. The number of hydrogen-bond acceptors (Lipinski definition) is 4. The number of nitrogens with one attached hydrogen (secondary N) is 1. The van der Waals surface area contributed by atoms with Gasteiger partial charge in [-0.05, 0) is 6.07 Å². The molecule has 1 aliphatic rings. The highest BCUT2D eigenvalue weighted by molar-refractivity contribution is 5.78. The number of rotatable bonds is 1. The summed E-state index contributed by atoms with van der Waals surface area (Å²) < 4.78 is 49.9. The van der Waals surface area contributed by atoms with Crippen LogP contribution in [0.3, 0.4) is 0 Å². The van der Waals surface area contributed by atoms with E-state index < -0.39 is 24.3 Å². The summed E-state index contributed by atoms with van der Waals surface area (Å²) in [5.74, 6) is -1.36. The van der Waals surface area contributed by atoms with Crippen LogP contribution < -0.4 is 15.8 Å². The van der Waals surface area contributed by atoms with E-state index in [-0.39, 0.29) is 11.5 Å². The third-order valence-electron chi connectivity index (χ3n) is 4.14. The lowest BCUT2D eigenvalue weighted by atomic mass is 10.1. The summed E-state index contributed by atoms with van der Waals surface area (Å²) in [5, 5.41) is 3.07. The highest BCUT2D eigenvalue weighted by Gasteiger charge is 2.22. The number of fused-ring (bicyclic) bond motifs is 2. The summed E-state index contributed by atoms with van der Waals surface area (Å²) in [6.45, 7) is 2.68. The Balaban J connectivity index is 0.000000659. The average Bonchev–Trinajstić information content (AvgIpc) is 3.10. The van der Waals surface area contributed by atoms with Crippen LogP contribution in [-0.2, 0) is 0 Å². The SMILES string of the molecule is C=C1CNc2cc(F)c(-n3c(=O)cc(F)n4ccnc34)cc2N1C.FCF. The Hall–Kier alpha value is -3.30. The first-order valence-corrected chi connectivity index (χ1v) is 7.75. The van der Waals surface area contributed by atoms with Crippen molar-refractivity contribution in [2.75, 3.05) is 30.7 Å². The van der Waals surface area contributed by atoms with Gasteiger partial charge in [0, 0.05) is 31.2 Å². The van der Waals surface area contributed by atoms with Crippen molar-refractivity contribution in [2.24, 2.45) is 0 Å². The first-order chi connectivity index (χ1) is 12.9. The Labute approximate surface area is 151 Å². The van der Waals surface area contributed by atoms with Crippen LogP contribution in [0.25, 0.3) is 11.5 Å². The topological polar surface area (TPSA) is 54.6 Å². The van der Waals surface area contributed by atoms with Crippen LogP contribution >= 0.6 is 0 Å². The Morgan fingerprint density at radius 1 is 1.22 bits per heavy atom. The van der Waals surface area contributed by atoms with Gasteiger partial charge in [-0.1, -0.05) is 6.58 Å². The van der Waals surface area contributed by atoms with Gasteiger partial charge in [0.05, 0.1) is 29.7 Å². The molecule has 0 atom stereocenters. The van der Waals surface area contributed by atoms with Gasteiger partial charge < -0.3 is 10.2 Å². The van der Waals surface area contributed by atoms with Gasteiger partial charge in [-0.3, -0.25) is 9.20 Å². The highest BCUT2D eigenvalue weighted by atomic mass is 19.3. The van der Waals surface area contributed by atoms with Crippen molar-refractivity contribution in [1.29, 1.82) is 0 Å². The van der Waals surface area contributed by atoms with Crippen molar-refractivity contribution >= 4 is 17.2 Å². The minimum absolute atomic E-state index is 0.00157. The molecule has 6 nitrogen and oxygen atoms in total. The summed E-state index contributed by atoms with van der Waals surface area (Å²) in [7, 11) is 1.81. The highest BCUT2D eigenvalue weighted by Crippen LogP contribution is 2.34. The van der Waals surface area contributed by atoms with Crippen LogP contribution in [0.4, 0.5) is 28.9 Å². The maximum atomic E-state index is 14.6. The first-order valence-electron chi connectivity index (χ1n) is 7.75. The summed E-state index contributed by atoms with van der Waals surface area (Å²) in [6.07, 6.45) is 2.71. The predicted molar refractivity (Wildman–Crippen MR) is 93.8 cm³/mol. The number of anilines is 2. The lowest BCUT2D eigenvalue weighted by Gasteiger charge is -2.31. The maximum absolute atomic E-state index is 14.6. The van der Waals surface area contributed by atoms with E-state index in [9.17, 15) is 22.4 Å². The number of likely N-dealkylation sites (N-methyl/N-ethyl adjacent to an activating group) is 1. The smallest absolute Gasteiger partial charge is 0.262 e. The molecule has 1 N–H and O–H groups in total. The molecule has 0 saturated carbocycles. The summed E-state index contributed by atoms with van der Waals surface area (Å²) in [4.78, 5) is 18.1. The standard InChI is InChI=1S/C16H13F2N5O.CH2F2/c1-9-8-20-11-5-10(17)12(6-13(11)21(9)2)23-15(24)7-14(18)22-4-3-19-16(22)23;2-1-3/h3-7,20H,1,8H2,2H3;1H2. The van der Waals surface area contributed by atoms with E-state index in [1.807, 2.05) is 11.9 Å². The Morgan fingerprint density at radius 2 is 1.93 bits per heavy atom. The van der Waals surface area contributed by atoms with Crippen LogP contribution in [0.5, 0.6) is 0 Å². The number of nitrogens with zero attached hydrogens (tertiary/aromatic N) is 4. The van der Waals surface area contributed by atoms with E-state index >= 15 is 0 Å². The van der Waals surface area contributed by atoms with Crippen molar-refractivity contribution in [3.05, 3.63) is 65.0 Å².